The van der Waals surface area contributed by atoms with Crippen molar-refractivity contribution in [3.05, 3.63) is 53.5 Å². The third-order valence-electron chi connectivity index (χ3n) is 3.79. The summed E-state index contributed by atoms with van der Waals surface area (Å²) in [5.74, 6) is 0. The maximum absolute atomic E-state index is 6.39. The van der Waals surface area contributed by atoms with Crippen molar-refractivity contribution >= 4 is 39.4 Å². The molecular weight excluding hydrogens is 436 g/mol. The first-order chi connectivity index (χ1) is 12.2. The van der Waals surface area contributed by atoms with E-state index in [1.807, 2.05) is 41.4 Å². The minimum absolute atomic E-state index is 0. The zero-order valence-corrected chi connectivity index (χ0v) is 17.7. The number of halogens is 2. The Morgan fingerprint density at radius 2 is 2.19 bits per heavy atom. The molecule has 2 aromatic heterocycles. The summed E-state index contributed by atoms with van der Waals surface area (Å²) in [7, 11) is 2.02. The van der Waals surface area contributed by atoms with Gasteiger partial charge in [-0.3, -0.25) is 0 Å². The largest absolute Gasteiger partial charge is 1.00 e. The molecule has 0 aliphatic rings. The van der Waals surface area contributed by atoms with Crippen LogP contribution in [0.1, 0.15) is 6.92 Å². The molecule has 0 N–H and O–H groups in total. The molecule has 0 fully saturated rings. The van der Waals surface area contributed by atoms with Crippen LogP contribution < -0.4 is 26.4 Å². The zero-order valence-electron chi connectivity index (χ0n) is 14.6. The molecule has 0 bridgehead atoms. The van der Waals surface area contributed by atoms with Crippen LogP contribution in [-0.2, 0) is 13.6 Å². The van der Waals surface area contributed by atoms with Gasteiger partial charge in [0.2, 0.25) is 11.5 Å². The number of azo groups is 1. The third kappa shape index (κ3) is 5.36. The van der Waals surface area contributed by atoms with Crippen molar-refractivity contribution in [2.24, 2.45) is 17.3 Å². The number of nitrogens with zero attached hydrogens (tertiary/aromatic N) is 6. The monoisotopic (exact) mass is 454 g/mol. The average molecular weight is 456 g/mol. The van der Waals surface area contributed by atoms with Gasteiger partial charge in [0, 0.05) is 23.8 Å². The summed E-state index contributed by atoms with van der Waals surface area (Å²) in [6, 6.07) is 5.87. The van der Waals surface area contributed by atoms with Gasteiger partial charge in [0.1, 0.15) is 24.6 Å². The van der Waals surface area contributed by atoms with Gasteiger partial charge in [-0.1, -0.05) is 11.6 Å². The standard InChI is InChI=1S/C17H20ClN6S.BrH/c1-3-24(10-9-23-8-7-22(2)13-23)14-4-5-16(15(18)12-14)20-21-17-19-6-11-25-17;/h4-8,11-13H,3,9-10H2,1-2H3;1H/q+1;/p-1/b21-20+;. The zero-order chi connectivity index (χ0) is 17.6. The molecule has 9 heteroatoms. The van der Waals surface area contributed by atoms with Crippen LogP contribution in [0.15, 0.2) is 58.7 Å². The van der Waals surface area contributed by atoms with Gasteiger partial charge in [-0.25, -0.2) is 14.1 Å². The van der Waals surface area contributed by atoms with Crippen molar-refractivity contribution < 1.29 is 21.5 Å². The molecule has 0 spiro atoms. The van der Waals surface area contributed by atoms with Crippen LogP contribution in [0.25, 0.3) is 0 Å². The molecule has 0 saturated carbocycles. The molecule has 0 atom stereocenters. The Hall–Kier alpha value is -1.77. The lowest BCUT2D eigenvalue weighted by molar-refractivity contribution is -0.671. The topological polar surface area (TPSA) is 49.7 Å². The molecule has 3 aromatic rings. The molecule has 0 unspecified atom stereocenters. The van der Waals surface area contributed by atoms with E-state index in [0.717, 1.165) is 25.3 Å². The molecule has 0 saturated heterocycles. The fourth-order valence-corrected chi connectivity index (χ4v) is 3.14. The quantitative estimate of drug-likeness (QED) is 0.399. The van der Waals surface area contributed by atoms with E-state index in [1.54, 1.807) is 6.20 Å². The van der Waals surface area contributed by atoms with E-state index in [2.05, 4.69) is 44.1 Å². The van der Waals surface area contributed by atoms with Gasteiger partial charge in [-0.05, 0) is 25.1 Å². The number of thiazole rings is 1. The summed E-state index contributed by atoms with van der Waals surface area (Å²) in [5.41, 5.74) is 1.73. The summed E-state index contributed by atoms with van der Waals surface area (Å²) in [4.78, 5) is 6.36. The van der Waals surface area contributed by atoms with Crippen LogP contribution in [0.4, 0.5) is 16.5 Å². The molecule has 0 aliphatic carbocycles. The Labute approximate surface area is 172 Å². The summed E-state index contributed by atoms with van der Waals surface area (Å²) in [5, 5.41) is 11.4. The second kappa shape index (κ2) is 9.80. The molecule has 26 heavy (non-hydrogen) atoms. The van der Waals surface area contributed by atoms with Gasteiger partial charge in [0.15, 0.2) is 0 Å². The second-order valence-electron chi connectivity index (χ2n) is 5.55. The predicted molar refractivity (Wildman–Crippen MR) is 101 cm³/mol. The lowest BCUT2D eigenvalue weighted by Gasteiger charge is -2.22. The lowest BCUT2D eigenvalue weighted by Crippen LogP contribution is -3.00. The first kappa shape index (κ1) is 20.5. The third-order valence-corrected chi connectivity index (χ3v) is 4.75. The number of hydrogen-bond acceptors (Lipinski definition) is 5. The lowest BCUT2D eigenvalue weighted by atomic mass is 10.2. The van der Waals surface area contributed by atoms with Crippen LogP contribution in [0.3, 0.4) is 0 Å². The van der Waals surface area contributed by atoms with Gasteiger partial charge in [0.25, 0.3) is 0 Å². The van der Waals surface area contributed by atoms with Gasteiger partial charge < -0.3 is 21.9 Å². The van der Waals surface area contributed by atoms with Crippen LogP contribution >= 0.6 is 22.9 Å². The highest BCUT2D eigenvalue weighted by Crippen LogP contribution is 2.31. The van der Waals surface area contributed by atoms with Gasteiger partial charge in [-0.15, -0.1) is 21.6 Å². The van der Waals surface area contributed by atoms with Crippen molar-refractivity contribution in [2.75, 3.05) is 18.0 Å². The van der Waals surface area contributed by atoms with E-state index in [9.17, 15) is 0 Å². The number of aromatic nitrogens is 3. The molecule has 2 heterocycles. The SMILES string of the molecule is CCN(CCn1cc[n+](C)c1)c1ccc(/N=N/c2nccs2)c(Cl)c1.[Br-]. The van der Waals surface area contributed by atoms with E-state index in [-0.39, 0.29) is 17.0 Å². The molecule has 0 radical (unpaired) electrons. The second-order valence-corrected chi connectivity index (χ2v) is 6.83. The number of likely N-dealkylation sites (N-methyl/N-ethyl adjacent to an activating group) is 1. The first-order valence-corrected chi connectivity index (χ1v) is 9.28. The number of benzene rings is 1. The fraction of sp³-hybridized carbons (Fsp3) is 0.294. The highest BCUT2D eigenvalue weighted by atomic mass is 79.9. The fourth-order valence-electron chi connectivity index (χ4n) is 2.48. The summed E-state index contributed by atoms with van der Waals surface area (Å²) < 4.78 is 4.20. The molecule has 0 amide bonds. The number of rotatable bonds is 7. The Morgan fingerprint density at radius 3 is 2.81 bits per heavy atom. The molecular formula is C17H20BrClN6S. The van der Waals surface area contributed by atoms with E-state index >= 15 is 0 Å². The minimum Gasteiger partial charge on any atom is -1.00 e. The minimum atomic E-state index is 0. The van der Waals surface area contributed by atoms with Gasteiger partial charge in [0.05, 0.1) is 18.6 Å². The van der Waals surface area contributed by atoms with Gasteiger partial charge in [-0.2, -0.15) is 0 Å². The molecule has 138 valence electrons. The first-order valence-electron chi connectivity index (χ1n) is 8.02. The number of aryl methyl sites for hydroxylation is 1. The predicted octanol–water partition coefficient (Wildman–Crippen LogP) is 1.37. The average Bonchev–Trinajstić information content (AvgIpc) is 3.26. The van der Waals surface area contributed by atoms with Crippen molar-refractivity contribution in [3.63, 3.8) is 0 Å². The van der Waals surface area contributed by atoms with Crippen LogP contribution in [0.5, 0.6) is 0 Å². The van der Waals surface area contributed by atoms with Crippen LogP contribution in [0.2, 0.25) is 5.02 Å². The number of anilines is 1. The Balaban J connectivity index is 0.00000243. The highest BCUT2D eigenvalue weighted by Gasteiger charge is 2.10. The van der Waals surface area contributed by atoms with Crippen LogP contribution in [-0.4, -0.2) is 22.6 Å². The maximum atomic E-state index is 6.39. The van der Waals surface area contributed by atoms with Gasteiger partial charge >= 0.3 is 0 Å². The molecule has 3 rings (SSSR count). The van der Waals surface area contributed by atoms with E-state index in [1.165, 1.54) is 11.3 Å². The van der Waals surface area contributed by atoms with E-state index < -0.39 is 0 Å². The highest BCUT2D eigenvalue weighted by molar-refractivity contribution is 7.13. The number of imidazole rings is 1. The summed E-state index contributed by atoms with van der Waals surface area (Å²) >= 11 is 7.82. The summed E-state index contributed by atoms with van der Waals surface area (Å²) in [6.45, 7) is 4.86. The smallest absolute Gasteiger partial charge is 0.243 e. The normalized spacial score (nSPS) is 10.9. The molecule has 6 nitrogen and oxygen atoms in total. The molecule has 0 aliphatic heterocycles. The number of hydrogen-bond donors (Lipinski definition) is 0. The Kier molecular flexibility index (Phi) is 7.74. The molecule has 1 aromatic carbocycles. The van der Waals surface area contributed by atoms with Crippen molar-refractivity contribution in [2.45, 2.75) is 13.5 Å². The van der Waals surface area contributed by atoms with Crippen molar-refractivity contribution in [1.29, 1.82) is 0 Å². The van der Waals surface area contributed by atoms with E-state index in [4.69, 9.17) is 11.6 Å². The van der Waals surface area contributed by atoms with Crippen molar-refractivity contribution in [3.8, 4) is 0 Å². The van der Waals surface area contributed by atoms with Crippen molar-refractivity contribution in [1.82, 2.24) is 9.55 Å². The summed E-state index contributed by atoms with van der Waals surface area (Å²) in [6.07, 6.45) is 7.88. The van der Waals surface area contributed by atoms with E-state index in [0.29, 0.717) is 15.8 Å². The Morgan fingerprint density at radius 1 is 1.35 bits per heavy atom. The van der Waals surface area contributed by atoms with Crippen LogP contribution in [0, 0.1) is 0 Å². The Bertz CT molecular complexity index is 849. The maximum Gasteiger partial charge on any atom is 0.243 e.